The van der Waals surface area contributed by atoms with E-state index in [1.165, 1.54) is 5.56 Å². The van der Waals surface area contributed by atoms with Crippen molar-refractivity contribution < 1.29 is 14.3 Å². The first-order valence-electron chi connectivity index (χ1n) is 8.33. The molecule has 1 N–H and O–H groups in total. The second-order valence-electron chi connectivity index (χ2n) is 5.76. The highest BCUT2D eigenvalue weighted by Crippen LogP contribution is 2.15. The lowest BCUT2D eigenvalue weighted by Crippen LogP contribution is -2.31. The molecule has 0 radical (unpaired) electrons. The topological polar surface area (TPSA) is 58.6 Å². The molecule has 0 bridgehead atoms. The van der Waals surface area contributed by atoms with Gasteiger partial charge in [-0.25, -0.2) is 0 Å². The summed E-state index contributed by atoms with van der Waals surface area (Å²) in [5, 5.41) is 2.55. The highest BCUT2D eigenvalue weighted by atomic mass is 16.5. The molecule has 0 saturated heterocycles. The summed E-state index contributed by atoms with van der Waals surface area (Å²) in [6, 6.07) is 17.2. The lowest BCUT2D eigenvalue weighted by molar-refractivity contribution is -0.120. The van der Waals surface area contributed by atoms with Crippen LogP contribution in [0.3, 0.4) is 0 Å². The minimum atomic E-state index is -0.127. The Kier molecular flexibility index (Phi) is 7.01. The first-order valence-corrected chi connectivity index (χ1v) is 8.33. The van der Waals surface area contributed by atoms with Crippen molar-refractivity contribution >= 4 is 11.8 Å². The van der Waals surface area contributed by atoms with E-state index in [9.17, 15) is 9.59 Å². The van der Waals surface area contributed by atoms with Crippen LogP contribution in [0.1, 0.15) is 22.3 Å². The minimum Gasteiger partial charge on any atom is -0.493 e. The molecule has 2 aromatic rings. The predicted molar refractivity (Wildman–Crippen MR) is 97.7 cm³/mol. The zero-order chi connectivity index (χ0) is 18.1. The molecule has 2 amide bonds. The van der Waals surface area contributed by atoms with Gasteiger partial charge in [0.1, 0.15) is 5.75 Å². The summed E-state index contributed by atoms with van der Waals surface area (Å²) in [7, 11) is 3.27. The van der Waals surface area contributed by atoms with Crippen LogP contribution in [0.25, 0.3) is 0 Å². The van der Waals surface area contributed by atoms with Gasteiger partial charge in [0.25, 0.3) is 5.91 Å². The number of carbonyl (C=O) groups excluding carboxylic acids is 2. The Balaban J connectivity index is 1.89. The molecule has 0 spiro atoms. The highest BCUT2D eigenvalue weighted by Gasteiger charge is 2.13. The first-order chi connectivity index (χ1) is 12.1. The van der Waals surface area contributed by atoms with E-state index in [0.717, 1.165) is 6.42 Å². The summed E-state index contributed by atoms with van der Waals surface area (Å²) >= 11 is 0. The van der Waals surface area contributed by atoms with E-state index in [2.05, 4.69) is 17.4 Å². The fraction of sp³-hybridized carbons (Fsp3) is 0.300. The number of rotatable bonds is 8. The molecule has 25 heavy (non-hydrogen) atoms. The summed E-state index contributed by atoms with van der Waals surface area (Å²) in [4.78, 5) is 25.3. The summed E-state index contributed by atoms with van der Waals surface area (Å²) in [6.45, 7) is 0.922. The third kappa shape index (κ3) is 5.95. The molecule has 0 aliphatic heterocycles. The maximum Gasteiger partial charge on any atom is 0.253 e. The molecule has 0 atom stereocenters. The molecular formula is C20H24N2O3. The molecule has 2 aromatic carbocycles. The molecule has 0 aliphatic rings. The maximum atomic E-state index is 12.4. The molecule has 132 valence electrons. The van der Waals surface area contributed by atoms with Gasteiger partial charge in [0.15, 0.2) is 0 Å². The maximum absolute atomic E-state index is 12.4. The van der Waals surface area contributed by atoms with Crippen LogP contribution in [0.5, 0.6) is 5.75 Å². The van der Waals surface area contributed by atoms with Gasteiger partial charge >= 0.3 is 0 Å². The number of hydrogen-bond donors (Lipinski definition) is 1. The Morgan fingerprint density at radius 2 is 1.84 bits per heavy atom. The Bertz CT molecular complexity index is 701. The molecule has 0 aromatic heterocycles. The third-order valence-electron chi connectivity index (χ3n) is 3.88. The van der Waals surface area contributed by atoms with Gasteiger partial charge in [-0.05, 0) is 23.8 Å². The smallest absolute Gasteiger partial charge is 0.253 e. The zero-order valence-corrected chi connectivity index (χ0v) is 14.7. The zero-order valence-electron chi connectivity index (χ0n) is 14.7. The molecule has 5 heteroatoms. The third-order valence-corrected chi connectivity index (χ3v) is 3.88. The fourth-order valence-electron chi connectivity index (χ4n) is 2.37. The Morgan fingerprint density at radius 3 is 2.56 bits per heavy atom. The van der Waals surface area contributed by atoms with Gasteiger partial charge in [0.2, 0.25) is 5.91 Å². The number of ether oxygens (including phenoxy) is 1. The normalized spacial score (nSPS) is 10.2. The largest absolute Gasteiger partial charge is 0.493 e. The number of benzene rings is 2. The van der Waals surface area contributed by atoms with Crippen molar-refractivity contribution in [3.8, 4) is 5.75 Å². The number of nitrogens with zero attached hydrogens (tertiary/aromatic N) is 1. The molecule has 0 unspecified atom stereocenters. The Morgan fingerprint density at radius 1 is 1.08 bits per heavy atom. The summed E-state index contributed by atoms with van der Waals surface area (Å²) in [5.74, 6) is 0.455. The number of nitrogens with one attached hydrogen (secondary N) is 1. The van der Waals surface area contributed by atoms with Gasteiger partial charge in [0.05, 0.1) is 6.61 Å². The van der Waals surface area contributed by atoms with Crippen LogP contribution in [-0.2, 0) is 11.2 Å². The van der Waals surface area contributed by atoms with Crippen molar-refractivity contribution in [2.75, 3.05) is 27.2 Å². The van der Waals surface area contributed by atoms with Gasteiger partial charge in [-0.15, -0.1) is 0 Å². The van der Waals surface area contributed by atoms with E-state index < -0.39 is 0 Å². The van der Waals surface area contributed by atoms with Gasteiger partial charge < -0.3 is 15.0 Å². The quantitative estimate of drug-likeness (QED) is 0.803. The second kappa shape index (κ2) is 9.47. The van der Waals surface area contributed by atoms with Gasteiger partial charge in [0, 0.05) is 39.0 Å². The number of hydrogen-bond acceptors (Lipinski definition) is 3. The summed E-state index contributed by atoms with van der Waals surface area (Å²) in [5.41, 5.74) is 1.76. The molecule has 5 nitrogen and oxygen atoms in total. The van der Waals surface area contributed by atoms with Gasteiger partial charge in [-0.3, -0.25) is 9.59 Å². The number of carbonyl (C=O) groups is 2. The second-order valence-corrected chi connectivity index (χ2v) is 5.76. The van der Waals surface area contributed by atoms with Crippen LogP contribution in [0, 0.1) is 0 Å². The monoisotopic (exact) mass is 340 g/mol. The number of amides is 2. The average Bonchev–Trinajstić information content (AvgIpc) is 2.66. The highest BCUT2D eigenvalue weighted by molar-refractivity contribution is 5.94. The molecule has 0 saturated carbocycles. The van der Waals surface area contributed by atoms with Crippen molar-refractivity contribution in [1.29, 1.82) is 0 Å². The van der Waals surface area contributed by atoms with Crippen LogP contribution >= 0.6 is 0 Å². The van der Waals surface area contributed by atoms with Crippen molar-refractivity contribution in [2.24, 2.45) is 0 Å². The lowest BCUT2D eigenvalue weighted by Gasteiger charge is -2.17. The van der Waals surface area contributed by atoms with Crippen LogP contribution in [0.15, 0.2) is 54.6 Å². The van der Waals surface area contributed by atoms with E-state index in [4.69, 9.17) is 4.74 Å². The van der Waals surface area contributed by atoms with E-state index in [0.29, 0.717) is 24.5 Å². The summed E-state index contributed by atoms with van der Waals surface area (Å²) < 4.78 is 5.76. The van der Waals surface area contributed by atoms with Crippen molar-refractivity contribution in [3.05, 3.63) is 65.7 Å². The summed E-state index contributed by atoms with van der Waals surface area (Å²) in [6.07, 6.45) is 1.09. The van der Waals surface area contributed by atoms with Crippen LogP contribution in [0.2, 0.25) is 0 Å². The van der Waals surface area contributed by atoms with Crippen LogP contribution < -0.4 is 10.1 Å². The van der Waals surface area contributed by atoms with Crippen molar-refractivity contribution in [2.45, 2.75) is 12.8 Å². The van der Waals surface area contributed by atoms with E-state index in [1.807, 2.05) is 24.3 Å². The first kappa shape index (κ1) is 18.5. The SMILES string of the molecule is CNC(=O)CCN(C)C(=O)c1cccc(OCCc2ccccc2)c1. The van der Waals surface area contributed by atoms with E-state index >= 15 is 0 Å². The molecule has 0 fully saturated rings. The predicted octanol–water partition coefficient (Wildman–Crippen LogP) is 2.52. The standard InChI is InChI=1S/C20H24N2O3/c1-21-19(23)11-13-22(2)20(24)17-9-6-10-18(15-17)25-14-12-16-7-4-3-5-8-16/h3-10,15H,11-14H2,1-2H3,(H,21,23). The van der Waals surface area contributed by atoms with Gasteiger partial charge in [-0.1, -0.05) is 36.4 Å². The van der Waals surface area contributed by atoms with Gasteiger partial charge in [-0.2, -0.15) is 0 Å². The fourth-order valence-corrected chi connectivity index (χ4v) is 2.37. The average molecular weight is 340 g/mol. The van der Waals surface area contributed by atoms with Crippen molar-refractivity contribution in [1.82, 2.24) is 10.2 Å². The van der Waals surface area contributed by atoms with Crippen LogP contribution in [-0.4, -0.2) is 44.0 Å². The Labute approximate surface area is 148 Å². The van der Waals surface area contributed by atoms with Crippen LogP contribution in [0.4, 0.5) is 0 Å². The minimum absolute atomic E-state index is 0.0855. The molecular weight excluding hydrogens is 316 g/mol. The van der Waals surface area contributed by atoms with E-state index in [-0.39, 0.29) is 18.2 Å². The Hall–Kier alpha value is -2.82. The molecule has 2 rings (SSSR count). The lowest BCUT2D eigenvalue weighted by atomic mass is 10.1. The van der Waals surface area contributed by atoms with E-state index in [1.54, 1.807) is 37.2 Å². The van der Waals surface area contributed by atoms with Crippen molar-refractivity contribution in [3.63, 3.8) is 0 Å². The molecule has 0 aliphatic carbocycles. The molecule has 0 heterocycles.